The van der Waals surface area contributed by atoms with Gasteiger partial charge in [0, 0.05) is 9.26 Å². The number of carbonyl (C=O) groups excluding carboxylic acids is 1. The van der Waals surface area contributed by atoms with Gasteiger partial charge in [0.25, 0.3) is 5.91 Å². The lowest BCUT2D eigenvalue weighted by Gasteiger charge is -2.07. The Labute approximate surface area is 117 Å². The fourth-order valence-electron chi connectivity index (χ4n) is 1.39. The first-order valence-electron chi connectivity index (χ1n) is 4.94. The summed E-state index contributed by atoms with van der Waals surface area (Å²) in [6.07, 6.45) is 0. The molecule has 0 saturated heterocycles. The molecule has 4 nitrogen and oxygen atoms in total. The molecule has 1 heterocycles. The molecule has 0 aliphatic rings. The minimum atomic E-state index is -0.151. The normalized spacial score (nSPS) is 10.3. The van der Waals surface area contributed by atoms with E-state index in [9.17, 15) is 4.79 Å². The summed E-state index contributed by atoms with van der Waals surface area (Å²) in [4.78, 5) is 12.5. The lowest BCUT2D eigenvalue weighted by Crippen LogP contribution is -2.12. The first-order valence-corrected chi connectivity index (χ1v) is 6.79. The minimum Gasteiger partial charge on any atom is -0.321 e. The molecule has 0 spiro atoms. The van der Waals surface area contributed by atoms with E-state index in [4.69, 9.17) is 0 Å². The minimum absolute atomic E-state index is 0.151. The summed E-state index contributed by atoms with van der Waals surface area (Å²) in [7, 11) is 0. The maximum Gasteiger partial charge on any atom is 0.269 e. The Morgan fingerprint density at radius 3 is 2.76 bits per heavy atom. The molecule has 1 aromatic carbocycles. The SMILES string of the molecule is Cc1cc(I)ccc1NC(=O)c1snnc1C. The van der Waals surface area contributed by atoms with E-state index in [0.717, 1.165) is 26.4 Å². The molecule has 1 N–H and O–H groups in total. The predicted octanol–water partition coefficient (Wildman–Crippen LogP) is 3.01. The summed E-state index contributed by atoms with van der Waals surface area (Å²) < 4.78 is 4.90. The molecule has 0 unspecified atom stereocenters. The summed E-state index contributed by atoms with van der Waals surface area (Å²) in [5, 5.41) is 6.69. The van der Waals surface area contributed by atoms with Crippen LogP contribution in [0.25, 0.3) is 0 Å². The first-order chi connectivity index (χ1) is 8.08. The highest BCUT2D eigenvalue weighted by Crippen LogP contribution is 2.19. The molecule has 88 valence electrons. The van der Waals surface area contributed by atoms with Crippen molar-refractivity contribution in [2.45, 2.75) is 13.8 Å². The van der Waals surface area contributed by atoms with Crippen LogP contribution in [-0.4, -0.2) is 15.5 Å². The third kappa shape index (κ3) is 2.81. The quantitative estimate of drug-likeness (QED) is 0.839. The molecule has 2 aromatic rings. The second kappa shape index (κ2) is 5.09. The number of benzene rings is 1. The number of anilines is 1. The molecule has 0 radical (unpaired) electrons. The fraction of sp³-hybridized carbons (Fsp3) is 0.182. The van der Waals surface area contributed by atoms with Gasteiger partial charge in [-0.15, -0.1) is 5.10 Å². The Morgan fingerprint density at radius 1 is 1.41 bits per heavy atom. The maximum absolute atomic E-state index is 12.0. The molecular weight excluding hydrogens is 349 g/mol. The van der Waals surface area contributed by atoms with Gasteiger partial charge in [0.2, 0.25) is 0 Å². The standard InChI is InChI=1S/C11H10IN3OS/c1-6-5-8(12)3-4-9(6)13-11(16)10-7(2)14-15-17-10/h3-5H,1-2H3,(H,13,16). The van der Waals surface area contributed by atoms with Crippen molar-refractivity contribution in [2.75, 3.05) is 5.32 Å². The van der Waals surface area contributed by atoms with Crippen molar-refractivity contribution in [3.63, 3.8) is 0 Å². The third-order valence-corrected chi connectivity index (χ3v) is 3.79. The number of hydrogen-bond acceptors (Lipinski definition) is 4. The summed E-state index contributed by atoms with van der Waals surface area (Å²) >= 11 is 3.35. The molecule has 0 bridgehead atoms. The second-order valence-electron chi connectivity index (χ2n) is 3.60. The van der Waals surface area contributed by atoms with Gasteiger partial charge >= 0.3 is 0 Å². The monoisotopic (exact) mass is 359 g/mol. The van der Waals surface area contributed by atoms with Crippen LogP contribution in [0.4, 0.5) is 5.69 Å². The van der Waals surface area contributed by atoms with E-state index in [0.29, 0.717) is 10.6 Å². The lowest BCUT2D eigenvalue weighted by molar-refractivity contribution is 0.102. The van der Waals surface area contributed by atoms with Gasteiger partial charge in [0.05, 0.1) is 5.69 Å². The van der Waals surface area contributed by atoms with E-state index in [1.165, 1.54) is 0 Å². The number of amides is 1. The van der Waals surface area contributed by atoms with E-state index < -0.39 is 0 Å². The number of halogens is 1. The largest absolute Gasteiger partial charge is 0.321 e. The Bertz CT molecular complexity index is 568. The molecule has 2 rings (SSSR count). The van der Waals surface area contributed by atoms with Crippen molar-refractivity contribution >= 4 is 45.7 Å². The van der Waals surface area contributed by atoms with Crippen LogP contribution in [0.5, 0.6) is 0 Å². The smallest absolute Gasteiger partial charge is 0.269 e. The molecule has 0 saturated carbocycles. The average molecular weight is 359 g/mol. The summed E-state index contributed by atoms with van der Waals surface area (Å²) in [6, 6.07) is 5.88. The number of aryl methyl sites for hydroxylation is 2. The molecule has 0 fully saturated rings. The average Bonchev–Trinajstić information content (AvgIpc) is 2.68. The Kier molecular flexibility index (Phi) is 3.72. The van der Waals surface area contributed by atoms with Gasteiger partial charge in [0.15, 0.2) is 0 Å². The van der Waals surface area contributed by atoms with Gasteiger partial charge in [-0.3, -0.25) is 4.79 Å². The molecule has 0 aliphatic heterocycles. The van der Waals surface area contributed by atoms with Crippen molar-refractivity contribution in [1.82, 2.24) is 9.59 Å². The van der Waals surface area contributed by atoms with E-state index in [1.807, 2.05) is 25.1 Å². The molecule has 0 aliphatic carbocycles. The summed E-state index contributed by atoms with van der Waals surface area (Å²) in [5.74, 6) is -0.151. The lowest BCUT2D eigenvalue weighted by atomic mass is 10.2. The van der Waals surface area contributed by atoms with Crippen molar-refractivity contribution in [3.8, 4) is 0 Å². The van der Waals surface area contributed by atoms with Crippen molar-refractivity contribution in [3.05, 3.63) is 37.9 Å². The van der Waals surface area contributed by atoms with Crippen LogP contribution >= 0.6 is 34.1 Å². The highest BCUT2D eigenvalue weighted by molar-refractivity contribution is 14.1. The summed E-state index contributed by atoms with van der Waals surface area (Å²) in [5.41, 5.74) is 2.53. The third-order valence-electron chi connectivity index (χ3n) is 2.29. The van der Waals surface area contributed by atoms with Crippen LogP contribution in [-0.2, 0) is 0 Å². The molecule has 6 heteroatoms. The number of nitrogens with zero attached hydrogens (tertiary/aromatic N) is 2. The van der Waals surface area contributed by atoms with Gasteiger partial charge in [-0.25, -0.2) is 0 Å². The Balaban J connectivity index is 2.22. The second-order valence-corrected chi connectivity index (χ2v) is 5.60. The van der Waals surface area contributed by atoms with Gasteiger partial charge in [-0.1, -0.05) is 4.49 Å². The zero-order valence-electron chi connectivity index (χ0n) is 9.32. The maximum atomic E-state index is 12.0. The van der Waals surface area contributed by atoms with Crippen molar-refractivity contribution < 1.29 is 4.79 Å². The molecule has 17 heavy (non-hydrogen) atoms. The van der Waals surface area contributed by atoms with Crippen LogP contribution < -0.4 is 5.32 Å². The topological polar surface area (TPSA) is 54.9 Å². The zero-order chi connectivity index (χ0) is 12.4. The molecule has 1 aromatic heterocycles. The van der Waals surface area contributed by atoms with E-state index >= 15 is 0 Å². The van der Waals surface area contributed by atoms with Crippen LogP contribution in [0.2, 0.25) is 0 Å². The van der Waals surface area contributed by atoms with Gasteiger partial charge in [-0.05, 0) is 71.7 Å². The number of aromatic nitrogens is 2. The number of carbonyl (C=O) groups is 1. The molecular formula is C11H10IN3OS. The van der Waals surface area contributed by atoms with Gasteiger partial charge in [-0.2, -0.15) is 0 Å². The van der Waals surface area contributed by atoms with Crippen LogP contribution in [0.3, 0.4) is 0 Å². The van der Waals surface area contributed by atoms with Gasteiger partial charge < -0.3 is 5.32 Å². The van der Waals surface area contributed by atoms with Crippen molar-refractivity contribution in [2.24, 2.45) is 0 Å². The highest BCUT2D eigenvalue weighted by atomic mass is 127. The fourth-order valence-corrected chi connectivity index (χ4v) is 2.58. The van der Waals surface area contributed by atoms with Crippen LogP contribution in [0.1, 0.15) is 20.9 Å². The zero-order valence-corrected chi connectivity index (χ0v) is 12.3. The van der Waals surface area contributed by atoms with E-state index in [2.05, 4.69) is 37.5 Å². The summed E-state index contributed by atoms with van der Waals surface area (Å²) in [6.45, 7) is 3.74. The number of hydrogen-bond donors (Lipinski definition) is 1. The number of rotatable bonds is 2. The van der Waals surface area contributed by atoms with E-state index in [1.54, 1.807) is 6.92 Å². The van der Waals surface area contributed by atoms with E-state index in [-0.39, 0.29) is 5.91 Å². The predicted molar refractivity (Wildman–Crippen MR) is 76.5 cm³/mol. The molecule has 0 atom stereocenters. The highest BCUT2D eigenvalue weighted by Gasteiger charge is 2.13. The number of nitrogens with one attached hydrogen (secondary N) is 1. The Morgan fingerprint density at radius 2 is 2.18 bits per heavy atom. The molecule has 1 amide bonds. The van der Waals surface area contributed by atoms with Crippen LogP contribution in [0, 0.1) is 17.4 Å². The van der Waals surface area contributed by atoms with Crippen molar-refractivity contribution in [1.29, 1.82) is 0 Å². The first kappa shape index (κ1) is 12.4. The Hall–Kier alpha value is -1.02. The van der Waals surface area contributed by atoms with Crippen LogP contribution in [0.15, 0.2) is 18.2 Å². The van der Waals surface area contributed by atoms with Gasteiger partial charge in [0.1, 0.15) is 4.88 Å².